The highest BCUT2D eigenvalue weighted by atomic mass is 35.5. The van der Waals surface area contributed by atoms with Crippen LogP contribution < -0.4 is 5.32 Å². The number of benzene rings is 2. The summed E-state index contributed by atoms with van der Waals surface area (Å²) in [5.41, 5.74) is 2.52. The van der Waals surface area contributed by atoms with Gasteiger partial charge in [-0.25, -0.2) is 9.97 Å². The molecule has 0 bridgehead atoms. The van der Waals surface area contributed by atoms with Crippen LogP contribution in [0.5, 0.6) is 0 Å². The number of hydrogen-bond acceptors (Lipinski definition) is 5. The minimum atomic E-state index is -0.229. The van der Waals surface area contributed by atoms with Gasteiger partial charge in [0.15, 0.2) is 0 Å². The quantitative estimate of drug-likeness (QED) is 0.399. The number of para-hydroxylation sites is 1. The summed E-state index contributed by atoms with van der Waals surface area (Å²) in [7, 11) is 0. The van der Waals surface area contributed by atoms with Gasteiger partial charge in [0.05, 0.1) is 21.4 Å². The zero-order chi connectivity index (χ0) is 24.1. The molecular formula is C27H23ClN4O2S. The largest absolute Gasteiger partial charge is 0.349 e. The molecule has 4 aromatic rings. The Labute approximate surface area is 212 Å². The van der Waals surface area contributed by atoms with Gasteiger partial charge in [-0.05, 0) is 55.5 Å². The Morgan fingerprint density at radius 3 is 2.80 bits per heavy atom. The Kier molecular flexibility index (Phi) is 5.54. The summed E-state index contributed by atoms with van der Waals surface area (Å²) in [6, 6.07) is 19.0. The average molecular weight is 503 g/mol. The Morgan fingerprint density at radius 1 is 1.09 bits per heavy atom. The number of nitrogens with one attached hydrogen (secondary N) is 1. The van der Waals surface area contributed by atoms with E-state index in [4.69, 9.17) is 11.6 Å². The molecule has 1 aliphatic carbocycles. The number of piperidine rings is 1. The maximum Gasteiger partial charge on any atom is 0.274 e. The van der Waals surface area contributed by atoms with Gasteiger partial charge in [0.25, 0.3) is 11.8 Å². The van der Waals surface area contributed by atoms with Gasteiger partial charge in [-0.1, -0.05) is 48.0 Å². The number of rotatable bonds is 5. The number of nitrogens with zero attached hydrogens (tertiary/aromatic N) is 3. The van der Waals surface area contributed by atoms with E-state index in [-0.39, 0.29) is 23.9 Å². The van der Waals surface area contributed by atoms with Gasteiger partial charge < -0.3 is 10.2 Å². The fraction of sp³-hybridized carbons (Fsp3) is 0.259. The van der Waals surface area contributed by atoms with E-state index in [2.05, 4.69) is 15.3 Å². The van der Waals surface area contributed by atoms with Crippen molar-refractivity contribution >= 4 is 45.7 Å². The number of carbonyl (C=O) groups is 2. The number of thiazole rings is 1. The number of fused-ring (bicyclic) bond motifs is 2. The monoisotopic (exact) mass is 502 g/mol. The van der Waals surface area contributed by atoms with Crippen LogP contribution in [-0.2, 0) is 0 Å². The van der Waals surface area contributed by atoms with E-state index < -0.39 is 0 Å². The lowest BCUT2D eigenvalue weighted by atomic mass is 10.1. The molecule has 2 amide bonds. The summed E-state index contributed by atoms with van der Waals surface area (Å²) in [5.74, 6) is 0.194. The average Bonchev–Trinajstić information content (AvgIpc) is 3.35. The lowest BCUT2D eigenvalue weighted by Crippen LogP contribution is -2.45. The van der Waals surface area contributed by atoms with Crippen molar-refractivity contribution in [3.8, 4) is 10.4 Å². The summed E-state index contributed by atoms with van der Waals surface area (Å²) in [6.45, 7) is 2.30. The maximum atomic E-state index is 13.8. The van der Waals surface area contributed by atoms with E-state index in [1.54, 1.807) is 6.07 Å². The van der Waals surface area contributed by atoms with Gasteiger partial charge in [0.1, 0.15) is 11.4 Å². The summed E-state index contributed by atoms with van der Waals surface area (Å²) < 4.78 is 0. The van der Waals surface area contributed by atoms with E-state index >= 15 is 0 Å². The van der Waals surface area contributed by atoms with Gasteiger partial charge in [0, 0.05) is 23.0 Å². The van der Waals surface area contributed by atoms with Crippen LogP contribution in [-0.4, -0.2) is 45.3 Å². The topological polar surface area (TPSA) is 75.2 Å². The maximum absolute atomic E-state index is 13.8. The van der Waals surface area contributed by atoms with Crippen molar-refractivity contribution in [3.05, 3.63) is 82.1 Å². The number of hydrogen-bond donors (Lipinski definition) is 1. The lowest BCUT2D eigenvalue weighted by molar-refractivity contribution is 0.0684. The van der Waals surface area contributed by atoms with E-state index in [0.717, 1.165) is 39.2 Å². The molecule has 0 spiro atoms. The van der Waals surface area contributed by atoms with Crippen LogP contribution in [0.15, 0.2) is 60.7 Å². The van der Waals surface area contributed by atoms with Crippen molar-refractivity contribution in [2.75, 3.05) is 6.54 Å². The molecule has 1 saturated heterocycles. The highest BCUT2D eigenvalue weighted by Gasteiger charge is 2.54. The number of likely N-dealkylation sites (tertiary alicyclic amines) is 1. The molecule has 1 aliphatic heterocycles. The summed E-state index contributed by atoms with van der Waals surface area (Å²) >= 11 is 7.71. The predicted molar refractivity (Wildman–Crippen MR) is 138 cm³/mol. The van der Waals surface area contributed by atoms with Crippen LogP contribution >= 0.6 is 22.9 Å². The van der Waals surface area contributed by atoms with Crippen molar-refractivity contribution in [2.24, 2.45) is 5.92 Å². The molecule has 0 unspecified atom stereocenters. The molecule has 1 N–H and O–H groups in total. The van der Waals surface area contributed by atoms with Gasteiger partial charge in [0.2, 0.25) is 0 Å². The molecule has 2 aliphatic rings. The van der Waals surface area contributed by atoms with E-state index in [0.29, 0.717) is 28.9 Å². The Bertz CT molecular complexity index is 1470. The van der Waals surface area contributed by atoms with E-state index in [9.17, 15) is 9.59 Å². The first-order chi connectivity index (χ1) is 17.0. The van der Waals surface area contributed by atoms with Crippen molar-refractivity contribution in [1.82, 2.24) is 20.2 Å². The summed E-state index contributed by atoms with van der Waals surface area (Å²) in [6.07, 6.45) is 1.90. The number of aromatic nitrogens is 2. The van der Waals surface area contributed by atoms with Crippen LogP contribution in [0.1, 0.15) is 38.8 Å². The molecule has 8 heteroatoms. The van der Waals surface area contributed by atoms with Crippen molar-refractivity contribution in [1.29, 1.82) is 0 Å². The van der Waals surface area contributed by atoms with E-state index in [1.165, 1.54) is 11.3 Å². The third kappa shape index (κ3) is 4.19. The molecule has 2 aromatic carbocycles. The minimum absolute atomic E-state index is 0.0649. The molecule has 6 nitrogen and oxygen atoms in total. The van der Waals surface area contributed by atoms with Crippen LogP contribution in [0, 0.1) is 12.8 Å². The molecule has 3 heterocycles. The van der Waals surface area contributed by atoms with Gasteiger partial charge in [-0.2, -0.15) is 0 Å². The first kappa shape index (κ1) is 22.2. The number of amides is 2. The fourth-order valence-electron chi connectivity index (χ4n) is 5.07. The molecule has 0 radical (unpaired) electrons. The summed E-state index contributed by atoms with van der Waals surface area (Å²) in [4.78, 5) is 38.5. The van der Waals surface area contributed by atoms with Gasteiger partial charge in [-0.3, -0.25) is 9.59 Å². The van der Waals surface area contributed by atoms with Crippen molar-refractivity contribution in [3.63, 3.8) is 0 Å². The second kappa shape index (κ2) is 8.73. The Morgan fingerprint density at radius 2 is 1.94 bits per heavy atom. The fourth-order valence-corrected chi connectivity index (χ4v) is 6.17. The predicted octanol–water partition coefficient (Wildman–Crippen LogP) is 5.35. The van der Waals surface area contributed by atoms with E-state index in [1.807, 2.05) is 66.4 Å². The first-order valence-electron chi connectivity index (χ1n) is 11.7. The summed E-state index contributed by atoms with van der Waals surface area (Å²) in [5, 5.41) is 5.46. The normalized spacial score (nSPS) is 20.6. The number of pyridine rings is 1. The number of carbonyl (C=O) groups excluding carboxylic acids is 2. The highest BCUT2D eigenvalue weighted by molar-refractivity contribution is 7.15. The molecule has 176 valence electrons. The smallest absolute Gasteiger partial charge is 0.274 e. The molecule has 6 rings (SSSR count). The molecule has 2 aromatic heterocycles. The minimum Gasteiger partial charge on any atom is -0.349 e. The zero-order valence-corrected chi connectivity index (χ0v) is 20.6. The second-order valence-electron chi connectivity index (χ2n) is 9.19. The lowest BCUT2D eigenvalue weighted by Gasteiger charge is -2.27. The van der Waals surface area contributed by atoms with Crippen LogP contribution in [0.2, 0.25) is 5.02 Å². The molecule has 2 fully saturated rings. The number of aryl methyl sites for hydroxylation is 1. The molecule has 35 heavy (non-hydrogen) atoms. The van der Waals surface area contributed by atoms with Gasteiger partial charge in [-0.15, -0.1) is 11.3 Å². The van der Waals surface area contributed by atoms with Gasteiger partial charge >= 0.3 is 0 Å². The third-order valence-electron chi connectivity index (χ3n) is 6.80. The SMILES string of the molecule is Cc1nc(C(=O)N2[C@H](CNC(=O)c3ccc4ccccc4n3)C[C@@H]3C[C@@H]32)c(-c2cccc(Cl)c2)s1. The third-order valence-corrected chi connectivity index (χ3v) is 8.05. The molecule has 1 saturated carbocycles. The Hall–Kier alpha value is -3.29. The highest BCUT2D eigenvalue weighted by Crippen LogP contribution is 2.48. The number of halogens is 1. The van der Waals surface area contributed by atoms with Crippen molar-refractivity contribution < 1.29 is 9.59 Å². The van der Waals surface area contributed by atoms with Crippen molar-refractivity contribution in [2.45, 2.75) is 31.8 Å². The van der Waals surface area contributed by atoms with Crippen LogP contribution in [0.4, 0.5) is 0 Å². The molecular weight excluding hydrogens is 480 g/mol. The second-order valence-corrected chi connectivity index (χ2v) is 10.8. The standard InChI is InChI=1S/C27H23ClN4O2S/c1-15-30-24(25(35-15)17-6-4-7-19(28)11-17)27(34)32-20(12-18-13-23(18)32)14-29-26(33)22-10-9-16-5-2-3-8-21(16)31-22/h2-11,18,20,23H,12-14H2,1H3,(H,29,33)/t18-,20+,23+/m1/s1. The first-order valence-corrected chi connectivity index (χ1v) is 12.9. The Balaban J connectivity index is 1.21. The zero-order valence-electron chi connectivity index (χ0n) is 19.1. The van der Waals surface area contributed by atoms with Crippen LogP contribution in [0.3, 0.4) is 0 Å². The van der Waals surface area contributed by atoms with Crippen LogP contribution in [0.25, 0.3) is 21.3 Å². The molecule has 3 atom stereocenters.